The van der Waals surface area contributed by atoms with E-state index in [-0.39, 0.29) is 18.2 Å². The Labute approximate surface area is 192 Å². The maximum Gasteiger partial charge on any atom is 0.294 e. The highest BCUT2D eigenvalue weighted by Crippen LogP contribution is 2.35. The van der Waals surface area contributed by atoms with Gasteiger partial charge in [-0.05, 0) is 53.6 Å². The third-order valence-electron chi connectivity index (χ3n) is 5.17. The SMILES string of the molecule is COc1ccc(CNC(=O)CN2C(=O)C(=Cc3cccc(OC)c3)Oc3ccccc32)cc1. The second kappa shape index (κ2) is 9.91. The summed E-state index contributed by atoms with van der Waals surface area (Å²) in [5.74, 6) is 1.38. The van der Waals surface area contributed by atoms with Crippen LogP contribution in [0.1, 0.15) is 11.1 Å². The van der Waals surface area contributed by atoms with Gasteiger partial charge in [0, 0.05) is 6.54 Å². The minimum Gasteiger partial charge on any atom is -0.497 e. The average molecular weight is 444 g/mol. The smallest absolute Gasteiger partial charge is 0.294 e. The van der Waals surface area contributed by atoms with Crippen molar-refractivity contribution < 1.29 is 23.8 Å². The number of amides is 2. The van der Waals surface area contributed by atoms with Gasteiger partial charge in [0.05, 0.1) is 19.9 Å². The van der Waals surface area contributed by atoms with Crippen molar-refractivity contribution in [3.05, 3.63) is 89.7 Å². The van der Waals surface area contributed by atoms with E-state index in [9.17, 15) is 9.59 Å². The molecule has 0 bridgehead atoms. The van der Waals surface area contributed by atoms with E-state index in [1.165, 1.54) is 4.90 Å². The van der Waals surface area contributed by atoms with E-state index >= 15 is 0 Å². The molecule has 3 aromatic carbocycles. The lowest BCUT2D eigenvalue weighted by atomic mass is 10.1. The number of anilines is 1. The largest absolute Gasteiger partial charge is 0.497 e. The highest BCUT2D eigenvalue weighted by Gasteiger charge is 2.31. The molecule has 0 aromatic heterocycles. The zero-order valence-electron chi connectivity index (χ0n) is 18.4. The molecule has 168 valence electrons. The molecule has 1 aliphatic rings. The van der Waals surface area contributed by atoms with E-state index in [0.717, 1.165) is 16.9 Å². The first-order valence-electron chi connectivity index (χ1n) is 10.4. The minimum absolute atomic E-state index is 0.130. The fourth-order valence-corrected chi connectivity index (χ4v) is 3.45. The molecule has 7 nitrogen and oxygen atoms in total. The Balaban J connectivity index is 1.52. The Bertz CT molecular complexity index is 1190. The van der Waals surface area contributed by atoms with Crippen molar-refractivity contribution in [3.63, 3.8) is 0 Å². The van der Waals surface area contributed by atoms with Gasteiger partial charge < -0.3 is 19.5 Å². The summed E-state index contributed by atoms with van der Waals surface area (Å²) in [6.07, 6.45) is 1.64. The van der Waals surface area contributed by atoms with Gasteiger partial charge in [0.15, 0.2) is 11.5 Å². The van der Waals surface area contributed by atoms with Gasteiger partial charge >= 0.3 is 0 Å². The quantitative estimate of drug-likeness (QED) is 0.561. The number of hydrogen-bond acceptors (Lipinski definition) is 5. The Kier molecular flexibility index (Phi) is 6.59. The topological polar surface area (TPSA) is 77.1 Å². The maximum absolute atomic E-state index is 13.2. The van der Waals surface area contributed by atoms with Crippen LogP contribution in [0, 0.1) is 0 Å². The van der Waals surface area contributed by atoms with Crippen LogP contribution in [-0.2, 0) is 16.1 Å². The molecule has 0 saturated carbocycles. The lowest BCUT2D eigenvalue weighted by Crippen LogP contribution is -2.44. The number of nitrogens with zero attached hydrogens (tertiary/aromatic N) is 1. The molecule has 0 atom stereocenters. The summed E-state index contributed by atoms with van der Waals surface area (Å²) < 4.78 is 16.3. The summed E-state index contributed by atoms with van der Waals surface area (Å²) in [7, 11) is 3.18. The molecular formula is C26H24N2O5. The van der Waals surface area contributed by atoms with Crippen molar-refractivity contribution in [1.29, 1.82) is 0 Å². The predicted molar refractivity (Wildman–Crippen MR) is 125 cm³/mol. The van der Waals surface area contributed by atoms with Crippen molar-refractivity contribution in [2.45, 2.75) is 6.54 Å². The molecule has 0 spiro atoms. The minimum atomic E-state index is -0.392. The molecule has 7 heteroatoms. The van der Waals surface area contributed by atoms with Crippen molar-refractivity contribution in [2.24, 2.45) is 0 Å². The first-order valence-corrected chi connectivity index (χ1v) is 10.4. The molecule has 1 N–H and O–H groups in total. The molecule has 0 radical (unpaired) electrons. The van der Waals surface area contributed by atoms with Gasteiger partial charge in [-0.2, -0.15) is 0 Å². The summed E-state index contributed by atoms with van der Waals surface area (Å²) in [5.41, 5.74) is 2.22. The molecule has 33 heavy (non-hydrogen) atoms. The van der Waals surface area contributed by atoms with Crippen LogP contribution in [-0.4, -0.2) is 32.6 Å². The van der Waals surface area contributed by atoms with E-state index in [2.05, 4.69) is 5.32 Å². The summed E-state index contributed by atoms with van der Waals surface area (Å²) in [4.78, 5) is 27.4. The maximum atomic E-state index is 13.2. The first kappa shape index (κ1) is 22.0. The highest BCUT2D eigenvalue weighted by atomic mass is 16.5. The molecular weight excluding hydrogens is 420 g/mol. The van der Waals surface area contributed by atoms with E-state index in [1.54, 1.807) is 44.6 Å². The fraction of sp³-hybridized carbons (Fsp3) is 0.154. The van der Waals surface area contributed by atoms with Gasteiger partial charge in [0.25, 0.3) is 5.91 Å². The van der Waals surface area contributed by atoms with Crippen molar-refractivity contribution >= 4 is 23.6 Å². The molecule has 0 fully saturated rings. The molecule has 4 rings (SSSR count). The number of para-hydroxylation sites is 2. The van der Waals surface area contributed by atoms with E-state index in [4.69, 9.17) is 14.2 Å². The summed E-state index contributed by atoms with van der Waals surface area (Å²) >= 11 is 0. The van der Waals surface area contributed by atoms with Crippen molar-refractivity contribution in [2.75, 3.05) is 25.7 Å². The Morgan fingerprint density at radius 3 is 2.48 bits per heavy atom. The van der Waals surface area contributed by atoms with Gasteiger partial charge in [-0.25, -0.2) is 0 Å². The summed E-state index contributed by atoms with van der Waals surface area (Å²) in [6, 6.07) is 21.9. The molecule has 0 aliphatic carbocycles. The van der Waals surface area contributed by atoms with Crippen molar-refractivity contribution in [1.82, 2.24) is 5.32 Å². The summed E-state index contributed by atoms with van der Waals surface area (Å²) in [5, 5.41) is 2.86. The number of rotatable bonds is 7. The van der Waals surface area contributed by atoms with Crippen LogP contribution in [0.3, 0.4) is 0 Å². The number of nitrogens with one attached hydrogen (secondary N) is 1. The lowest BCUT2D eigenvalue weighted by molar-refractivity contribution is -0.123. The van der Waals surface area contributed by atoms with Crippen LogP contribution in [0.15, 0.2) is 78.6 Å². The monoisotopic (exact) mass is 444 g/mol. The second-order valence-electron chi connectivity index (χ2n) is 7.37. The van der Waals surface area contributed by atoms with Crippen LogP contribution >= 0.6 is 0 Å². The average Bonchev–Trinajstić information content (AvgIpc) is 2.85. The number of benzene rings is 3. The van der Waals surface area contributed by atoms with Gasteiger partial charge in [0.2, 0.25) is 5.91 Å². The number of fused-ring (bicyclic) bond motifs is 1. The van der Waals surface area contributed by atoms with Gasteiger partial charge in [-0.1, -0.05) is 36.4 Å². The van der Waals surface area contributed by atoms with E-state index in [1.807, 2.05) is 48.5 Å². The predicted octanol–water partition coefficient (Wildman–Crippen LogP) is 3.79. The first-order chi connectivity index (χ1) is 16.1. The number of hydrogen-bond donors (Lipinski definition) is 1. The Morgan fingerprint density at radius 2 is 1.73 bits per heavy atom. The molecule has 0 saturated heterocycles. The third-order valence-corrected chi connectivity index (χ3v) is 5.17. The number of ether oxygens (including phenoxy) is 3. The van der Waals surface area contributed by atoms with Crippen LogP contribution in [0.5, 0.6) is 17.2 Å². The normalized spacial score (nSPS) is 13.8. The van der Waals surface area contributed by atoms with E-state index in [0.29, 0.717) is 23.7 Å². The summed E-state index contributed by atoms with van der Waals surface area (Å²) in [6.45, 7) is 0.209. The fourth-order valence-electron chi connectivity index (χ4n) is 3.45. The third kappa shape index (κ3) is 5.15. The van der Waals surface area contributed by atoms with Gasteiger partial charge in [0.1, 0.15) is 18.0 Å². The van der Waals surface area contributed by atoms with Crippen LogP contribution in [0.2, 0.25) is 0 Å². The lowest BCUT2D eigenvalue weighted by Gasteiger charge is -2.30. The Hall–Kier alpha value is -4.26. The second-order valence-corrected chi connectivity index (χ2v) is 7.37. The van der Waals surface area contributed by atoms with Gasteiger partial charge in [-0.3, -0.25) is 14.5 Å². The van der Waals surface area contributed by atoms with Gasteiger partial charge in [-0.15, -0.1) is 0 Å². The standard InChI is InChI=1S/C26H24N2O5/c1-31-20-12-10-18(11-13-20)16-27-25(29)17-28-22-8-3-4-9-23(22)33-24(26(28)30)15-19-6-5-7-21(14-19)32-2/h3-15H,16-17H2,1-2H3,(H,27,29). The molecule has 0 unspecified atom stereocenters. The number of carbonyl (C=O) groups is 2. The molecule has 1 heterocycles. The zero-order chi connectivity index (χ0) is 23.2. The zero-order valence-corrected chi connectivity index (χ0v) is 18.4. The highest BCUT2D eigenvalue weighted by molar-refractivity contribution is 6.12. The van der Waals surface area contributed by atoms with E-state index < -0.39 is 5.91 Å². The van der Waals surface area contributed by atoms with Crippen LogP contribution in [0.4, 0.5) is 5.69 Å². The molecule has 1 aliphatic heterocycles. The van der Waals surface area contributed by atoms with Crippen LogP contribution in [0.25, 0.3) is 6.08 Å². The molecule has 2 amide bonds. The van der Waals surface area contributed by atoms with Crippen molar-refractivity contribution in [3.8, 4) is 17.2 Å². The number of carbonyl (C=O) groups excluding carboxylic acids is 2. The number of methoxy groups -OCH3 is 2. The Morgan fingerprint density at radius 1 is 0.970 bits per heavy atom. The van der Waals surface area contributed by atoms with Crippen LogP contribution < -0.4 is 24.4 Å². The molecule has 3 aromatic rings.